The Morgan fingerprint density at radius 3 is 2.56 bits per heavy atom. The summed E-state index contributed by atoms with van der Waals surface area (Å²) in [4.78, 5) is 23.0. The Morgan fingerprint density at radius 1 is 1.28 bits per heavy atom. The lowest BCUT2D eigenvalue weighted by Crippen LogP contribution is -2.30. The van der Waals surface area contributed by atoms with E-state index >= 15 is 0 Å². The number of ether oxygens (including phenoxy) is 3. The number of nitrogens with two attached hydrogens (primary N) is 1. The summed E-state index contributed by atoms with van der Waals surface area (Å²) in [5.74, 6) is 0.0774. The Labute approximate surface area is 144 Å². The van der Waals surface area contributed by atoms with Crippen molar-refractivity contribution in [1.29, 1.82) is 0 Å². The van der Waals surface area contributed by atoms with Crippen LogP contribution in [-0.2, 0) is 16.1 Å². The van der Waals surface area contributed by atoms with Crippen LogP contribution in [0.2, 0.25) is 0 Å². The van der Waals surface area contributed by atoms with Gasteiger partial charge in [0.05, 0.1) is 23.9 Å². The van der Waals surface area contributed by atoms with Crippen molar-refractivity contribution >= 4 is 11.9 Å². The Kier molecular flexibility index (Phi) is 5.63. The van der Waals surface area contributed by atoms with E-state index < -0.39 is 18.0 Å². The molecule has 1 aromatic heterocycles. The SMILES string of the molecule is COc1cc(C(=O)O[C@H](C)C(N)=O)ccc1OCc1c(C)noc1C. The predicted octanol–water partition coefficient (Wildman–Crippen LogP) is 1.91. The second-order valence-corrected chi connectivity index (χ2v) is 5.41. The van der Waals surface area contributed by atoms with Crippen molar-refractivity contribution in [2.24, 2.45) is 5.73 Å². The third kappa shape index (κ3) is 4.28. The lowest BCUT2D eigenvalue weighted by molar-refractivity contribution is -0.125. The van der Waals surface area contributed by atoms with Gasteiger partial charge in [-0.05, 0) is 39.0 Å². The van der Waals surface area contributed by atoms with Gasteiger partial charge in [0.1, 0.15) is 12.4 Å². The number of carbonyl (C=O) groups is 2. The van der Waals surface area contributed by atoms with Crippen LogP contribution in [0.1, 0.15) is 34.3 Å². The van der Waals surface area contributed by atoms with Gasteiger partial charge in [-0.2, -0.15) is 0 Å². The van der Waals surface area contributed by atoms with Crippen LogP contribution in [0.3, 0.4) is 0 Å². The molecule has 1 aromatic carbocycles. The Hall–Kier alpha value is -3.03. The number of primary amides is 1. The molecule has 0 unspecified atom stereocenters. The number of benzene rings is 1. The number of hydrogen-bond acceptors (Lipinski definition) is 7. The molecule has 2 aromatic rings. The molecule has 0 saturated heterocycles. The molecule has 1 atom stereocenters. The average Bonchev–Trinajstić information content (AvgIpc) is 2.90. The zero-order valence-corrected chi connectivity index (χ0v) is 14.5. The van der Waals surface area contributed by atoms with E-state index in [1.165, 1.54) is 26.2 Å². The molecule has 0 aliphatic carbocycles. The van der Waals surface area contributed by atoms with Gasteiger partial charge in [0.2, 0.25) is 0 Å². The van der Waals surface area contributed by atoms with Crippen LogP contribution in [0.25, 0.3) is 0 Å². The van der Waals surface area contributed by atoms with Gasteiger partial charge in [0.25, 0.3) is 5.91 Å². The first kappa shape index (κ1) is 18.3. The molecule has 134 valence electrons. The minimum atomic E-state index is -1.02. The molecular weight excluding hydrogens is 328 g/mol. The molecule has 0 aliphatic heterocycles. The van der Waals surface area contributed by atoms with Gasteiger partial charge in [-0.25, -0.2) is 4.79 Å². The second kappa shape index (κ2) is 7.69. The first-order valence-electron chi connectivity index (χ1n) is 7.56. The number of nitrogens with zero attached hydrogens (tertiary/aromatic N) is 1. The fourth-order valence-electron chi connectivity index (χ4n) is 2.06. The van der Waals surface area contributed by atoms with E-state index in [1.807, 2.05) is 6.92 Å². The zero-order valence-electron chi connectivity index (χ0n) is 14.5. The molecule has 1 heterocycles. The molecule has 0 radical (unpaired) electrons. The number of aromatic nitrogens is 1. The quantitative estimate of drug-likeness (QED) is 0.760. The molecule has 0 fully saturated rings. The summed E-state index contributed by atoms with van der Waals surface area (Å²) < 4.78 is 21.0. The van der Waals surface area contributed by atoms with Crippen molar-refractivity contribution in [3.05, 3.63) is 40.8 Å². The largest absolute Gasteiger partial charge is 0.493 e. The average molecular weight is 348 g/mol. The van der Waals surface area contributed by atoms with Gasteiger partial charge in [0.15, 0.2) is 17.6 Å². The van der Waals surface area contributed by atoms with Crippen LogP contribution in [0, 0.1) is 13.8 Å². The van der Waals surface area contributed by atoms with Crippen LogP contribution < -0.4 is 15.2 Å². The number of amides is 1. The highest BCUT2D eigenvalue weighted by Crippen LogP contribution is 2.30. The lowest BCUT2D eigenvalue weighted by atomic mass is 10.2. The minimum absolute atomic E-state index is 0.217. The Balaban J connectivity index is 2.13. The summed E-state index contributed by atoms with van der Waals surface area (Å²) in [6.07, 6.45) is -1.02. The van der Waals surface area contributed by atoms with Crippen molar-refractivity contribution in [3.8, 4) is 11.5 Å². The number of hydrogen-bond donors (Lipinski definition) is 1. The molecule has 0 bridgehead atoms. The summed E-state index contributed by atoms with van der Waals surface area (Å²) in [5.41, 5.74) is 6.89. The van der Waals surface area contributed by atoms with Crippen LogP contribution in [0.4, 0.5) is 0 Å². The van der Waals surface area contributed by atoms with Crippen molar-refractivity contribution in [2.75, 3.05) is 7.11 Å². The number of methoxy groups -OCH3 is 1. The summed E-state index contributed by atoms with van der Waals surface area (Å²) in [6.45, 7) is 5.28. The first-order chi connectivity index (χ1) is 11.8. The second-order valence-electron chi connectivity index (χ2n) is 5.41. The summed E-state index contributed by atoms with van der Waals surface area (Å²) in [7, 11) is 1.46. The number of rotatable bonds is 7. The van der Waals surface area contributed by atoms with Crippen LogP contribution in [0.5, 0.6) is 11.5 Å². The van der Waals surface area contributed by atoms with Crippen molar-refractivity contribution in [2.45, 2.75) is 33.5 Å². The monoisotopic (exact) mass is 348 g/mol. The first-order valence-corrected chi connectivity index (χ1v) is 7.56. The van der Waals surface area contributed by atoms with Crippen molar-refractivity contribution in [3.63, 3.8) is 0 Å². The lowest BCUT2D eigenvalue weighted by Gasteiger charge is -2.13. The maximum Gasteiger partial charge on any atom is 0.339 e. The highest BCUT2D eigenvalue weighted by molar-refractivity contribution is 5.92. The van der Waals surface area contributed by atoms with Crippen LogP contribution in [0.15, 0.2) is 22.7 Å². The van der Waals surface area contributed by atoms with Crippen molar-refractivity contribution in [1.82, 2.24) is 5.16 Å². The molecule has 0 spiro atoms. The molecule has 1 amide bonds. The normalized spacial score (nSPS) is 11.7. The molecule has 0 saturated carbocycles. The topological polar surface area (TPSA) is 114 Å². The Bertz CT molecular complexity index is 764. The van der Waals surface area contributed by atoms with E-state index in [2.05, 4.69) is 5.16 Å². The van der Waals surface area contributed by atoms with Gasteiger partial charge in [0, 0.05) is 0 Å². The van der Waals surface area contributed by atoms with Crippen LogP contribution >= 0.6 is 0 Å². The molecule has 25 heavy (non-hydrogen) atoms. The van der Waals surface area contributed by atoms with Gasteiger partial charge in [-0.15, -0.1) is 0 Å². The van der Waals surface area contributed by atoms with Gasteiger partial charge >= 0.3 is 5.97 Å². The molecular formula is C17H20N2O6. The Morgan fingerprint density at radius 2 is 2.00 bits per heavy atom. The highest BCUT2D eigenvalue weighted by Gasteiger charge is 2.18. The molecule has 8 heteroatoms. The third-order valence-corrected chi connectivity index (χ3v) is 3.64. The standard InChI is InChI=1S/C17H20N2O6/c1-9-13(10(2)25-19-9)8-23-14-6-5-12(7-15(14)22-4)17(21)24-11(3)16(18)20/h5-7,11H,8H2,1-4H3,(H2,18,20)/t11-/m1/s1. The number of esters is 1. The van der Waals surface area contributed by atoms with Gasteiger partial charge in [-0.3, -0.25) is 4.79 Å². The smallest absolute Gasteiger partial charge is 0.339 e. The predicted molar refractivity (Wildman–Crippen MR) is 87.4 cm³/mol. The minimum Gasteiger partial charge on any atom is -0.493 e. The van der Waals surface area contributed by atoms with Crippen LogP contribution in [-0.4, -0.2) is 30.2 Å². The van der Waals surface area contributed by atoms with E-state index in [9.17, 15) is 9.59 Å². The maximum atomic E-state index is 12.0. The summed E-state index contributed by atoms with van der Waals surface area (Å²) >= 11 is 0. The molecule has 0 aliphatic rings. The van der Waals surface area contributed by atoms with Gasteiger partial charge < -0.3 is 24.5 Å². The fraction of sp³-hybridized carbons (Fsp3) is 0.353. The van der Waals surface area contributed by atoms with E-state index in [-0.39, 0.29) is 12.2 Å². The van der Waals surface area contributed by atoms with E-state index in [0.29, 0.717) is 17.3 Å². The summed E-state index contributed by atoms with van der Waals surface area (Å²) in [6, 6.07) is 4.57. The highest BCUT2D eigenvalue weighted by atomic mass is 16.5. The molecule has 2 N–H and O–H groups in total. The summed E-state index contributed by atoms with van der Waals surface area (Å²) in [5, 5.41) is 3.86. The number of aryl methyl sites for hydroxylation is 2. The fourth-order valence-corrected chi connectivity index (χ4v) is 2.06. The number of carbonyl (C=O) groups excluding carboxylic acids is 2. The molecule has 2 rings (SSSR count). The maximum absolute atomic E-state index is 12.0. The van der Waals surface area contributed by atoms with Crippen molar-refractivity contribution < 1.29 is 28.3 Å². The zero-order chi connectivity index (χ0) is 18.6. The molecule has 8 nitrogen and oxygen atoms in total. The third-order valence-electron chi connectivity index (χ3n) is 3.64. The van der Waals surface area contributed by atoms with Gasteiger partial charge in [-0.1, -0.05) is 5.16 Å². The van der Waals surface area contributed by atoms with E-state index in [0.717, 1.165) is 11.3 Å². The van der Waals surface area contributed by atoms with E-state index in [1.54, 1.807) is 13.0 Å². The van der Waals surface area contributed by atoms with E-state index in [4.69, 9.17) is 24.5 Å².